The zero-order chi connectivity index (χ0) is 11.3. The van der Waals surface area contributed by atoms with Gasteiger partial charge in [0.05, 0.1) is 0 Å². The van der Waals surface area contributed by atoms with Crippen LogP contribution in [-0.4, -0.2) is 11.1 Å². The summed E-state index contributed by atoms with van der Waals surface area (Å²) in [6.07, 6.45) is 2.51. The Hall–Kier alpha value is -1.29. The van der Waals surface area contributed by atoms with Crippen LogP contribution in [0.1, 0.15) is 18.5 Å². The highest BCUT2D eigenvalue weighted by Gasteiger charge is 2.05. The van der Waals surface area contributed by atoms with Crippen LogP contribution in [0.25, 0.3) is 0 Å². The summed E-state index contributed by atoms with van der Waals surface area (Å²) in [7, 11) is 0. The third-order valence-corrected chi connectivity index (χ3v) is 2.67. The molecule has 15 heavy (non-hydrogen) atoms. The molecule has 1 aromatic rings. The van der Waals surface area contributed by atoms with E-state index in [2.05, 4.69) is 21.2 Å². The summed E-state index contributed by atoms with van der Waals surface area (Å²) in [5.74, 6) is -0.957. The van der Waals surface area contributed by atoms with E-state index in [1.807, 2.05) is 31.2 Å². The lowest BCUT2D eigenvalue weighted by Crippen LogP contribution is -2.12. The lowest BCUT2D eigenvalue weighted by Gasteiger charge is -2.13. The minimum Gasteiger partial charge on any atom is -0.478 e. The summed E-state index contributed by atoms with van der Waals surface area (Å²) >= 11 is 3.44. The number of hydrogen-bond donors (Lipinski definition) is 2. The van der Waals surface area contributed by atoms with Crippen LogP contribution in [-0.2, 0) is 4.79 Å². The summed E-state index contributed by atoms with van der Waals surface area (Å²) in [6, 6.07) is 7.88. The average Bonchev–Trinajstić information content (AvgIpc) is 2.17. The Labute approximate surface area is 96.9 Å². The van der Waals surface area contributed by atoms with Crippen LogP contribution < -0.4 is 5.32 Å². The van der Waals surface area contributed by atoms with Gasteiger partial charge in [0, 0.05) is 22.8 Å². The Morgan fingerprint density at radius 1 is 1.53 bits per heavy atom. The molecule has 1 atom stereocenters. The highest BCUT2D eigenvalue weighted by molar-refractivity contribution is 9.10. The molecule has 0 saturated heterocycles. The van der Waals surface area contributed by atoms with Gasteiger partial charge in [0.15, 0.2) is 0 Å². The van der Waals surface area contributed by atoms with Crippen molar-refractivity contribution in [1.29, 1.82) is 0 Å². The lowest BCUT2D eigenvalue weighted by atomic mass is 10.1. The smallest absolute Gasteiger partial charge is 0.329 e. The van der Waals surface area contributed by atoms with Gasteiger partial charge in [-0.2, -0.15) is 0 Å². The minimum atomic E-state index is -0.957. The average molecular weight is 270 g/mol. The second-order valence-corrected chi connectivity index (χ2v) is 3.94. The molecule has 1 rings (SSSR count). The first-order valence-corrected chi connectivity index (χ1v) is 5.30. The summed E-state index contributed by atoms with van der Waals surface area (Å²) < 4.78 is 1.01. The van der Waals surface area contributed by atoms with Gasteiger partial charge < -0.3 is 10.4 Å². The van der Waals surface area contributed by atoms with Gasteiger partial charge in [-0.25, -0.2) is 4.79 Å². The predicted molar refractivity (Wildman–Crippen MR) is 62.5 cm³/mol. The molecule has 4 heteroatoms. The molecular weight excluding hydrogens is 258 g/mol. The van der Waals surface area contributed by atoms with Crippen LogP contribution in [0.3, 0.4) is 0 Å². The monoisotopic (exact) mass is 269 g/mol. The van der Waals surface area contributed by atoms with Crippen LogP contribution in [0.2, 0.25) is 0 Å². The van der Waals surface area contributed by atoms with Gasteiger partial charge in [-0.1, -0.05) is 34.1 Å². The first-order valence-electron chi connectivity index (χ1n) is 4.51. The van der Waals surface area contributed by atoms with Crippen LogP contribution in [0, 0.1) is 0 Å². The normalized spacial score (nSPS) is 12.7. The number of benzene rings is 1. The Morgan fingerprint density at radius 2 is 2.20 bits per heavy atom. The molecule has 80 valence electrons. The van der Waals surface area contributed by atoms with E-state index < -0.39 is 5.97 Å². The fraction of sp³-hybridized carbons (Fsp3) is 0.182. The first kappa shape index (κ1) is 11.8. The number of hydrogen-bond acceptors (Lipinski definition) is 2. The Balaban J connectivity index is 2.65. The fourth-order valence-electron chi connectivity index (χ4n) is 1.18. The molecule has 0 bridgehead atoms. The lowest BCUT2D eigenvalue weighted by molar-refractivity contribution is -0.131. The summed E-state index contributed by atoms with van der Waals surface area (Å²) in [5.41, 5.74) is 1.09. The number of nitrogens with one attached hydrogen (secondary N) is 1. The molecule has 0 amide bonds. The van der Waals surface area contributed by atoms with Crippen molar-refractivity contribution in [2.24, 2.45) is 0 Å². The van der Waals surface area contributed by atoms with E-state index in [0.29, 0.717) is 0 Å². The van der Waals surface area contributed by atoms with Crippen molar-refractivity contribution >= 4 is 21.9 Å². The second-order valence-electron chi connectivity index (χ2n) is 3.08. The van der Waals surface area contributed by atoms with Crippen molar-refractivity contribution in [2.75, 3.05) is 0 Å². The summed E-state index contributed by atoms with van der Waals surface area (Å²) in [4.78, 5) is 10.2. The SMILES string of the molecule is C[C@@H](N/C=C/C(=O)O)c1ccccc1Br. The van der Waals surface area contributed by atoms with Crippen molar-refractivity contribution in [2.45, 2.75) is 13.0 Å². The van der Waals surface area contributed by atoms with E-state index >= 15 is 0 Å². The van der Waals surface area contributed by atoms with Crippen molar-refractivity contribution < 1.29 is 9.90 Å². The Morgan fingerprint density at radius 3 is 2.80 bits per heavy atom. The van der Waals surface area contributed by atoms with E-state index in [0.717, 1.165) is 16.1 Å². The highest BCUT2D eigenvalue weighted by Crippen LogP contribution is 2.22. The molecule has 0 spiro atoms. The molecule has 3 nitrogen and oxygen atoms in total. The molecule has 0 aliphatic carbocycles. The molecule has 0 saturated carbocycles. The maximum Gasteiger partial charge on any atom is 0.329 e. The molecule has 0 fully saturated rings. The maximum absolute atomic E-state index is 10.2. The van der Waals surface area contributed by atoms with Gasteiger partial charge >= 0.3 is 5.97 Å². The zero-order valence-electron chi connectivity index (χ0n) is 8.27. The van der Waals surface area contributed by atoms with Crippen LogP contribution in [0.4, 0.5) is 0 Å². The largest absolute Gasteiger partial charge is 0.478 e. The molecule has 0 aromatic heterocycles. The van der Waals surface area contributed by atoms with Gasteiger partial charge in [0.1, 0.15) is 0 Å². The molecule has 0 aliphatic rings. The molecule has 2 N–H and O–H groups in total. The van der Waals surface area contributed by atoms with Gasteiger partial charge in [-0.3, -0.25) is 0 Å². The maximum atomic E-state index is 10.2. The van der Waals surface area contributed by atoms with E-state index in [9.17, 15) is 4.79 Å². The minimum absolute atomic E-state index is 0.0659. The topological polar surface area (TPSA) is 49.3 Å². The Kier molecular flexibility index (Phi) is 4.37. The number of carboxylic acid groups (broad SMARTS) is 1. The van der Waals surface area contributed by atoms with E-state index in [-0.39, 0.29) is 6.04 Å². The third-order valence-electron chi connectivity index (χ3n) is 1.94. The van der Waals surface area contributed by atoms with Crippen LogP contribution in [0.15, 0.2) is 41.0 Å². The molecule has 0 aliphatic heterocycles. The van der Waals surface area contributed by atoms with Crippen LogP contribution >= 0.6 is 15.9 Å². The van der Waals surface area contributed by atoms with Gasteiger partial charge in [0.2, 0.25) is 0 Å². The molecule has 0 heterocycles. The van der Waals surface area contributed by atoms with Gasteiger partial charge in [-0.05, 0) is 18.6 Å². The van der Waals surface area contributed by atoms with Gasteiger partial charge in [0.25, 0.3) is 0 Å². The molecule has 0 unspecified atom stereocenters. The molecule has 0 radical (unpaired) electrons. The standard InChI is InChI=1S/C11H12BrNO2/c1-8(13-7-6-11(14)15)9-4-2-3-5-10(9)12/h2-8,13H,1H3,(H,14,15)/b7-6+/t8-/m1/s1. The molecule has 1 aromatic carbocycles. The third kappa shape index (κ3) is 3.75. The highest BCUT2D eigenvalue weighted by atomic mass is 79.9. The van der Waals surface area contributed by atoms with Crippen molar-refractivity contribution in [3.8, 4) is 0 Å². The molecular formula is C11H12BrNO2. The number of halogens is 1. The number of carboxylic acids is 1. The zero-order valence-corrected chi connectivity index (χ0v) is 9.86. The number of rotatable bonds is 4. The number of aliphatic carboxylic acids is 1. The summed E-state index contributed by atoms with van der Waals surface area (Å²) in [5, 5.41) is 11.4. The van der Waals surface area contributed by atoms with Crippen molar-refractivity contribution in [3.63, 3.8) is 0 Å². The summed E-state index contributed by atoms with van der Waals surface area (Å²) in [6.45, 7) is 1.96. The Bertz CT molecular complexity index is 377. The van der Waals surface area contributed by atoms with Crippen molar-refractivity contribution in [1.82, 2.24) is 5.32 Å². The fourth-order valence-corrected chi connectivity index (χ4v) is 1.81. The first-order chi connectivity index (χ1) is 7.11. The van der Waals surface area contributed by atoms with Crippen LogP contribution in [0.5, 0.6) is 0 Å². The second kappa shape index (κ2) is 5.56. The van der Waals surface area contributed by atoms with E-state index in [1.165, 1.54) is 6.20 Å². The van der Waals surface area contributed by atoms with E-state index in [4.69, 9.17) is 5.11 Å². The number of carbonyl (C=O) groups is 1. The van der Waals surface area contributed by atoms with E-state index in [1.54, 1.807) is 0 Å². The van der Waals surface area contributed by atoms with Gasteiger partial charge in [-0.15, -0.1) is 0 Å². The quantitative estimate of drug-likeness (QED) is 0.827. The van der Waals surface area contributed by atoms with Crippen molar-refractivity contribution in [3.05, 3.63) is 46.6 Å². The predicted octanol–water partition coefficient (Wildman–Crippen LogP) is 2.70.